The SMILES string of the molecule is COc1ccc([C@H]2CC(=O)[C@@H](C(C)C)C(C#N)(C#N)C2(C#N)C#N)cc1. The van der Waals surface area contributed by atoms with Crippen LogP contribution in [0.25, 0.3) is 0 Å². The molecule has 1 aromatic carbocycles. The molecule has 130 valence electrons. The van der Waals surface area contributed by atoms with Crippen molar-refractivity contribution in [1.29, 1.82) is 21.0 Å². The topological polar surface area (TPSA) is 121 Å². The Morgan fingerprint density at radius 3 is 1.88 bits per heavy atom. The maximum Gasteiger partial charge on any atom is 0.185 e. The molecule has 1 saturated carbocycles. The van der Waals surface area contributed by atoms with Crippen LogP contribution in [0.5, 0.6) is 5.75 Å². The van der Waals surface area contributed by atoms with E-state index >= 15 is 0 Å². The number of nitriles is 4. The molecule has 0 heterocycles. The fraction of sp³-hybridized carbons (Fsp3) is 0.450. The normalized spacial score (nSPS) is 23.2. The van der Waals surface area contributed by atoms with Gasteiger partial charge in [0.25, 0.3) is 0 Å². The van der Waals surface area contributed by atoms with Gasteiger partial charge in [-0.25, -0.2) is 0 Å². The molecule has 0 spiro atoms. The molecule has 0 saturated heterocycles. The van der Waals surface area contributed by atoms with Crippen molar-refractivity contribution in [1.82, 2.24) is 0 Å². The summed E-state index contributed by atoms with van der Waals surface area (Å²) in [6.45, 7) is 3.44. The van der Waals surface area contributed by atoms with E-state index in [1.165, 1.54) is 7.11 Å². The second kappa shape index (κ2) is 6.87. The summed E-state index contributed by atoms with van der Waals surface area (Å²) < 4.78 is 5.11. The lowest BCUT2D eigenvalue weighted by molar-refractivity contribution is -0.133. The number of carbonyl (C=O) groups is 1. The third-order valence-corrected chi connectivity index (χ3v) is 5.25. The summed E-state index contributed by atoms with van der Waals surface area (Å²) in [5.41, 5.74) is -3.43. The number of nitrogens with zero attached hydrogens (tertiary/aromatic N) is 4. The lowest BCUT2D eigenvalue weighted by Crippen LogP contribution is -2.56. The predicted molar refractivity (Wildman–Crippen MR) is 91.0 cm³/mol. The number of ketones is 1. The zero-order chi connectivity index (χ0) is 19.5. The number of benzene rings is 1. The highest BCUT2D eigenvalue weighted by Gasteiger charge is 2.68. The molecule has 1 aromatic rings. The van der Waals surface area contributed by atoms with Crippen LogP contribution in [-0.2, 0) is 4.79 Å². The third kappa shape index (κ3) is 2.40. The molecule has 6 nitrogen and oxygen atoms in total. The molecule has 6 heteroatoms. The minimum Gasteiger partial charge on any atom is -0.497 e. The predicted octanol–water partition coefficient (Wildman–Crippen LogP) is 3.09. The second-order valence-corrected chi connectivity index (χ2v) is 6.78. The van der Waals surface area contributed by atoms with E-state index in [-0.39, 0.29) is 18.1 Å². The van der Waals surface area contributed by atoms with Gasteiger partial charge in [-0.3, -0.25) is 4.79 Å². The number of methoxy groups -OCH3 is 1. The smallest absolute Gasteiger partial charge is 0.185 e. The van der Waals surface area contributed by atoms with Gasteiger partial charge in [0.1, 0.15) is 11.5 Å². The first kappa shape index (κ1) is 19.0. The van der Waals surface area contributed by atoms with Crippen LogP contribution in [-0.4, -0.2) is 12.9 Å². The molecule has 0 amide bonds. The Morgan fingerprint density at radius 1 is 1.00 bits per heavy atom. The van der Waals surface area contributed by atoms with Crippen LogP contribution in [0.1, 0.15) is 31.7 Å². The van der Waals surface area contributed by atoms with Crippen LogP contribution in [0.4, 0.5) is 0 Å². The number of hydrogen-bond acceptors (Lipinski definition) is 6. The number of ether oxygens (including phenoxy) is 1. The summed E-state index contributed by atoms with van der Waals surface area (Å²) in [6.07, 6.45) is -0.0681. The molecular weight excluding hydrogens is 328 g/mol. The Bertz CT molecular complexity index is 847. The first-order chi connectivity index (χ1) is 12.4. The molecule has 2 rings (SSSR count). The Hall–Kier alpha value is -3.35. The average molecular weight is 346 g/mol. The second-order valence-electron chi connectivity index (χ2n) is 6.78. The first-order valence-corrected chi connectivity index (χ1v) is 8.19. The molecule has 0 unspecified atom stereocenters. The maximum absolute atomic E-state index is 12.8. The van der Waals surface area contributed by atoms with Crippen molar-refractivity contribution < 1.29 is 9.53 Å². The van der Waals surface area contributed by atoms with Gasteiger partial charge in [-0.2, -0.15) is 21.0 Å². The fourth-order valence-electron chi connectivity index (χ4n) is 4.02. The Balaban J connectivity index is 2.77. The van der Waals surface area contributed by atoms with Gasteiger partial charge in [0.2, 0.25) is 0 Å². The van der Waals surface area contributed by atoms with Crippen LogP contribution < -0.4 is 4.74 Å². The van der Waals surface area contributed by atoms with Gasteiger partial charge in [-0.05, 0) is 23.6 Å². The summed E-state index contributed by atoms with van der Waals surface area (Å²) in [4.78, 5) is 12.8. The zero-order valence-corrected chi connectivity index (χ0v) is 14.9. The largest absolute Gasteiger partial charge is 0.497 e. The molecule has 0 aromatic heterocycles. The van der Waals surface area contributed by atoms with Gasteiger partial charge in [-0.15, -0.1) is 0 Å². The molecule has 1 aliphatic rings. The summed E-state index contributed by atoms with van der Waals surface area (Å²) in [5, 5.41) is 39.6. The lowest BCUT2D eigenvalue weighted by Gasteiger charge is -2.47. The highest BCUT2D eigenvalue weighted by atomic mass is 16.5. The van der Waals surface area contributed by atoms with E-state index in [0.29, 0.717) is 11.3 Å². The van der Waals surface area contributed by atoms with Crippen LogP contribution in [0.2, 0.25) is 0 Å². The van der Waals surface area contributed by atoms with Gasteiger partial charge < -0.3 is 4.74 Å². The van der Waals surface area contributed by atoms with E-state index in [9.17, 15) is 25.8 Å². The Morgan fingerprint density at radius 2 is 1.50 bits per heavy atom. The molecule has 0 bridgehead atoms. The molecule has 0 aliphatic heterocycles. The van der Waals surface area contributed by atoms with Gasteiger partial charge >= 0.3 is 0 Å². The Kier molecular flexibility index (Phi) is 5.02. The molecule has 0 radical (unpaired) electrons. The van der Waals surface area contributed by atoms with Crippen molar-refractivity contribution in [2.45, 2.75) is 26.2 Å². The number of Topliss-reactive ketones (excluding diaryl/α,β-unsaturated/α-hetero) is 1. The van der Waals surface area contributed by atoms with Crippen LogP contribution in [0.15, 0.2) is 24.3 Å². The molecule has 2 atom stereocenters. The molecule has 0 N–H and O–H groups in total. The summed E-state index contributed by atoms with van der Waals surface area (Å²) >= 11 is 0. The fourth-order valence-corrected chi connectivity index (χ4v) is 4.02. The first-order valence-electron chi connectivity index (χ1n) is 8.19. The number of carbonyl (C=O) groups excluding carboxylic acids is 1. The highest BCUT2D eigenvalue weighted by Crippen LogP contribution is 2.59. The average Bonchev–Trinajstić information content (AvgIpc) is 2.66. The van der Waals surface area contributed by atoms with E-state index < -0.39 is 22.7 Å². The third-order valence-electron chi connectivity index (χ3n) is 5.25. The lowest BCUT2D eigenvalue weighted by atomic mass is 9.46. The number of hydrogen-bond donors (Lipinski definition) is 0. The van der Waals surface area contributed by atoms with Gasteiger partial charge in [0.05, 0.1) is 37.3 Å². The summed E-state index contributed by atoms with van der Waals surface area (Å²) in [7, 11) is 1.51. The van der Waals surface area contributed by atoms with Crippen LogP contribution >= 0.6 is 0 Å². The quantitative estimate of drug-likeness (QED) is 0.829. The van der Waals surface area contributed by atoms with Crippen molar-refractivity contribution in [2.75, 3.05) is 7.11 Å². The van der Waals surface area contributed by atoms with Gasteiger partial charge in [0.15, 0.2) is 10.8 Å². The monoisotopic (exact) mass is 346 g/mol. The molecule has 1 aliphatic carbocycles. The highest BCUT2D eigenvalue weighted by molar-refractivity contribution is 5.87. The molecule has 1 fully saturated rings. The van der Waals surface area contributed by atoms with Crippen molar-refractivity contribution in [3.8, 4) is 30.0 Å². The summed E-state index contributed by atoms with van der Waals surface area (Å²) in [5.74, 6) is -1.90. The van der Waals surface area contributed by atoms with E-state index in [4.69, 9.17) is 4.74 Å². The maximum atomic E-state index is 12.8. The van der Waals surface area contributed by atoms with E-state index in [1.54, 1.807) is 38.1 Å². The van der Waals surface area contributed by atoms with Gasteiger partial charge in [-0.1, -0.05) is 26.0 Å². The molecular formula is C20H18N4O2. The summed E-state index contributed by atoms with van der Waals surface area (Å²) in [6, 6.07) is 14.3. The Labute approximate surface area is 152 Å². The van der Waals surface area contributed by atoms with Crippen molar-refractivity contribution in [3.63, 3.8) is 0 Å². The van der Waals surface area contributed by atoms with Crippen molar-refractivity contribution >= 4 is 5.78 Å². The number of rotatable bonds is 3. The standard InChI is InChI=1S/C20H18N4O2/c1-13(2)18-17(25)8-16(14-4-6-15(26-3)7-5-14)19(9-21,10-22)20(18,11-23)12-24/h4-7,13,16,18H,8H2,1-3H3/t16-,18-/m1/s1. The zero-order valence-electron chi connectivity index (χ0n) is 14.9. The van der Waals surface area contributed by atoms with E-state index in [2.05, 4.69) is 0 Å². The van der Waals surface area contributed by atoms with Crippen LogP contribution in [0.3, 0.4) is 0 Å². The minimum absolute atomic E-state index is 0.0681. The van der Waals surface area contributed by atoms with Crippen LogP contribution in [0, 0.1) is 68.0 Å². The minimum atomic E-state index is -2.04. The molecule has 26 heavy (non-hydrogen) atoms. The van der Waals surface area contributed by atoms with Crippen molar-refractivity contribution in [3.05, 3.63) is 29.8 Å². The van der Waals surface area contributed by atoms with Crippen molar-refractivity contribution in [2.24, 2.45) is 22.7 Å². The van der Waals surface area contributed by atoms with E-state index in [0.717, 1.165) is 0 Å². The van der Waals surface area contributed by atoms with Gasteiger partial charge in [0, 0.05) is 12.3 Å². The van der Waals surface area contributed by atoms with E-state index in [1.807, 2.05) is 24.3 Å².